The fraction of sp³-hybridized carbons (Fsp3) is 0.261. The van der Waals surface area contributed by atoms with Crippen LogP contribution in [0, 0.1) is 0 Å². The number of imide groups is 1. The van der Waals surface area contributed by atoms with Crippen LogP contribution in [0.25, 0.3) is 11.0 Å². The molecule has 0 spiro atoms. The molecule has 2 aromatic carbocycles. The van der Waals surface area contributed by atoms with Crippen molar-refractivity contribution in [2.45, 2.75) is 6.42 Å². The monoisotopic (exact) mass is 415 g/mol. The lowest BCUT2D eigenvalue weighted by Crippen LogP contribution is -2.49. The minimum absolute atomic E-state index is 0.0548. The molecule has 0 unspecified atom stereocenters. The van der Waals surface area contributed by atoms with Crippen molar-refractivity contribution in [3.05, 3.63) is 65.9 Å². The molecule has 3 amide bonds. The Labute approximate surface area is 179 Å². The minimum atomic E-state index is -0.326. The molecular formula is C23H21N5O3. The van der Waals surface area contributed by atoms with Gasteiger partial charge in [0.25, 0.3) is 11.8 Å². The number of para-hydroxylation sites is 2. The van der Waals surface area contributed by atoms with E-state index in [9.17, 15) is 14.4 Å². The smallest absolute Gasteiger partial charge is 0.261 e. The van der Waals surface area contributed by atoms with E-state index in [1.807, 2.05) is 24.3 Å². The Bertz CT molecular complexity index is 1150. The Morgan fingerprint density at radius 2 is 1.45 bits per heavy atom. The van der Waals surface area contributed by atoms with Crippen molar-refractivity contribution in [2.24, 2.45) is 0 Å². The van der Waals surface area contributed by atoms with Gasteiger partial charge in [0.05, 0.1) is 28.4 Å². The van der Waals surface area contributed by atoms with E-state index in [1.54, 1.807) is 35.4 Å². The van der Waals surface area contributed by atoms with Crippen molar-refractivity contribution in [3.8, 4) is 0 Å². The first-order valence-corrected chi connectivity index (χ1v) is 10.3. The second kappa shape index (κ2) is 7.79. The van der Waals surface area contributed by atoms with Gasteiger partial charge >= 0.3 is 0 Å². The lowest BCUT2D eigenvalue weighted by Gasteiger charge is -2.35. The Morgan fingerprint density at radius 1 is 0.839 bits per heavy atom. The van der Waals surface area contributed by atoms with Gasteiger partial charge in [-0.1, -0.05) is 24.3 Å². The number of carbonyl (C=O) groups is 3. The first kappa shape index (κ1) is 19.2. The van der Waals surface area contributed by atoms with Crippen LogP contribution in [0.1, 0.15) is 27.1 Å². The number of hydrogen-bond acceptors (Lipinski definition) is 6. The second-order valence-electron chi connectivity index (χ2n) is 7.64. The highest BCUT2D eigenvalue weighted by Crippen LogP contribution is 2.23. The van der Waals surface area contributed by atoms with Crippen LogP contribution in [0.3, 0.4) is 0 Å². The number of fused-ring (bicyclic) bond motifs is 2. The highest BCUT2D eigenvalue weighted by Gasteiger charge is 2.35. The maximum absolute atomic E-state index is 12.7. The highest BCUT2D eigenvalue weighted by molar-refractivity contribution is 6.21. The fourth-order valence-electron chi connectivity index (χ4n) is 4.09. The predicted octanol–water partition coefficient (Wildman–Crippen LogP) is 1.96. The summed E-state index contributed by atoms with van der Waals surface area (Å²) in [6.07, 6.45) is 1.89. The third-order valence-electron chi connectivity index (χ3n) is 5.82. The first-order valence-electron chi connectivity index (χ1n) is 10.3. The Kier molecular flexibility index (Phi) is 4.82. The number of carbonyl (C=O) groups excluding carboxylic acids is 3. The van der Waals surface area contributed by atoms with Crippen molar-refractivity contribution in [1.29, 1.82) is 0 Å². The standard InChI is InChI=1S/C23H21N5O3/c29-21(9-10-28-22(30)16-5-1-2-6-17(16)23(28)31)27-13-11-26(12-14-27)20-15-24-18-7-3-4-8-19(18)25-20/h1-8,15H,9-14H2. The molecule has 0 radical (unpaired) electrons. The summed E-state index contributed by atoms with van der Waals surface area (Å²) in [6, 6.07) is 14.5. The minimum Gasteiger partial charge on any atom is -0.352 e. The molecular weight excluding hydrogens is 394 g/mol. The van der Waals surface area contributed by atoms with E-state index in [4.69, 9.17) is 0 Å². The number of piperazine rings is 1. The average molecular weight is 415 g/mol. The lowest BCUT2D eigenvalue weighted by atomic mass is 10.1. The summed E-state index contributed by atoms with van der Waals surface area (Å²) in [5.74, 6) is 0.0961. The number of anilines is 1. The summed E-state index contributed by atoms with van der Waals surface area (Å²) in [7, 11) is 0. The molecule has 2 aliphatic rings. The molecule has 3 aromatic rings. The van der Waals surface area contributed by atoms with Crippen molar-refractivity contribution in [1.82, 2.24) is 19.8 Å². The topological polar surface area (TPSA) is 86.7 Å². The van der Waals surface area contributed by atoms with E-state index in [0.717, 1.165) is 16.9 Å². The van der Waals surface area contributed by atoms with Crippen LogP contribution in [-0.4, -0.2) is 70.2 Å². The first-order chi connectivity index (χ1) is 15.1. The molecule has 2 aliphatic heterocycles. The molecule has 31 heavy (non-hydrogen) atoms. The molecule has 0 bridgehead atoms. The maximum Gasteiger partial charge on any atom is 0.261 e. The lowest BCUT2D eigenvalue weighted by molar-refractivity contribution is -0.131. The zero-order chi connectivity index (χ0) is 21.4. The fourth-order valence-corrected chi connectivity index (χ4v) is 4.09. The molecule has 1 fully saturated rings. The normalized spacial score (nSPS) is 16.2. The van der Waals surface area contributed by atoms with E-state index in [1.165, 1.54) is 4.90 Å². The third-order valence-corrected chi connectivity index (χ3v) is 5.82. The number of hydrogen-bond donors (Lipinski definition) is 0. The molecule has 0 saturated carbocycles. The molecule has 5 rings (SSSR count). The van der Waals surface area contributed by atoms with E-state index in [2.05, 4.69) is 14.9 Å². The van der Waals surface area contributed by atoms with Gasteiger partial charge in [0.15, 0.2) is 0 Å². The van der Waals surface area contributed by atoms with Crippen LogP contribution in [0.15, 0.2) is 54.7 Å². The van der Waals surface area contributed by atoms with Gasteiger partial charge in [0, 0.05) is 39.1 Å². The van der Waals surface area contributed by atoms with E-state index in [-0.39, 0.29) is 30.7 Å². The van der Waals surface area contributed by atoms with Crippen molar-refractivity contribution < 1.29 is 14.4 Å². The Hall–Kier alpha value is -3.81. The number of nitrogens with zero attached hydrogens (tertiary/aromatic N) is 5. The molecule has 3 heterocycles. The van der Waals surface area contributed by atoms with Gasteiger partial charge in [-0.05, 0) is 24.3 Å². The molecule has 0 atom stereocenters. The van der Waals surface area contributed by atoms with Crippen LogP contribution in [0.5, 0.6) is 0 Å². The van der Waals surface area contributed by atoms with Crippen molar-refractivity contribution in [2.75, 3.05) is 37.6 Å². The van der Waals surface area contributed by atoms with Gasteiger partial charge in [-0.2, -0.15) is 0 Å². The molecule has 1 aromatic heterocycles. The van der Waals surface area contributed by atoms with Crippen LogP contribution < -0.4 is 4.90 Å². The molecule has 1 saturated heterocycles. The summed E-state index contributed by atoms with van der Waals surface area (Å²) in [4.78, 5) is 51.8. The number of amides is 3. The van der Waals surface area contributed by atoms with E-state index in [0.29, 0.717) is 37.3 Å². The number of aromatic nitrogens is 2. The summed E-state index contributed by atoms with van der Waals surface area (Å²) < 4.78 is 0. The average Bonchev–Trinajstić information content (AvgIpc) is 3.07. The quantitative estimate of drug-likeness (QED) is 0.606. The van der Waals surface area contributed by atoms with Gasteiger partial charge < -0.3 is 9.80 Å². The zero-order valence-electron chi connectivity index (χ0n) is 16.9. The Morgan fingerprint density at radius 3 is 2.13 bits per heavy atom. The van der Waals surface area contributed by atoms with Gasteiger partial charge in [0.1, 0.15) is 5.82 Å². The third kappa shape index (κ3) is 3.50. The molecule has 0 N–H and O–H groups in total. The summed E-state index contributed by atoms with van der Waals surface area (Å²) in [5.41, 5.74) is 2.52. The zero-order valence-corrected chi connectivity index (χ0v) is 16.9. The van der Waals surface area contributed by atoms with Gasteiger partial charge in [-0.25, -0.2) is 4.98 Å². The Balaban J connectivity index is 1.17. The highest BCUT2D eigenvalue weighted by atomic mass is 16.2. The number of benzene rings is 2. The second-order valence-corrected chi connectivity index (χ2v) is 7.64. The summed E-state index contributed by atoms with van der Waals surface area (Å²) in [5, 5.41) is 0. The molecule has 8 nitrogen and oxygen atoms in total. The predicted molar refractivity (Wildman–Crippen MR) is 115 cm³/mol. The van der Waals surface area contributed by atoms with E-state index < -0.39 is 0 Å². The largest absolute Gasteiger partial charge is 0.352 e. The van der Waals surface area contributed by atoms with Crippen LogP contribution in [0.2, 0.25) is 0 Å². The van der Waals surface area contributed by atoms with Crippen LogP contribution in [0.4, 0.5) is 5.82 Å². The van der Waals surface area contributed by atoms with Gasteiger partial charge in [-0.3, -0.25) is 24.3 Å². The van der Waals surface area contributed by atoms with Crippen molar-refractivity contribution >= 4 is 34.6 Å². The summed E-state index contributed by atoms with van der Waals surface area (Å²) >= 11 is 0. The number of rotatable bonds is 4. The summed E-state index contributed by atoms with van der Waals surface area (Å²) in [6.45, 7) is 2.55. The van der Waals surface area contributed by atoms with Crippen LogP contribution >= 0.6 is 0 Å². The molecule has 0 aliphatic carbocycles. The van der Waals surface area contributed by atoms with Gasteiger partial charge in [0.2, 0.25) is 5.91 Å². The van der Waals surface area contributed by atoms with Gasteiger partial charge in [-0.15, -0.1) is 0 Å². The molecule has 156 valence electrons. The molecule has 8 heteroatoms. The van der Waals surface area contributed by atoms with Crippen molar-refractivity contribution in [3.63, 3.8) is 0 Å². The van der Waals surface area contributed by atoms with E-state index >= 15 is 0 Å². The van der Waals surface area contributed by atoms with Crippen LogP contribution in [-0.2, 0) is 4.79 Å². The SMILES string of the molecule is O=C(CCN1C(=O)c2ccccc2C1=O)N1CCN(c2cnc3ccccc3n2)CC1. The maximum atomic E-state index is 12.7.